The average Bonchev–Trinajstić information content (AvgIpc) is 3.31. The predicted octanol–water partition coefficient (Wildman–Crippen LogP) is 2.06. The van der Waals surface area contributed by atoms with E-state index in [1.807, 2.05) is 6.07 Å². The molecule has 1 aromatic carbocycles. The Morgan fingerprint density at radius 1 is 1.30 bits per heavy atom. The van der Waals surface area contributed by atoms with E-state index < -0.39 is 5.54 Å². The zero-order valence-electron chi connectivity index (χ0n) is 15.1. The molecule has 2 aromatic heterocycles. The third kappa shape index (κ3) is 3.34. The number of nitrogens with zero attached hydrogens (tertiary/aromatic N) is 4. The Bertz CT molecular complexity index is 1030. The molecule has 2 heterocycles. The lowest BCUT2D eigenvalue weighted by Crippen LogP contribution is -2.45. The van der Waals surface area contributed by atoms with Crippen LogP contribution in [0.4, 0.5) is 0 Å². The Labute approximate surface area is 155 Å². The Morgan fingerprint density at radius 2 is 2.07 bits per heavy atom. The van der Waals surface area contributed by atoms with Crippen LogP contribution < -0.4 is 10.9 Å². The maximum absolute atomic E-state index is 12.6. The normalized spacial score (nSPS) is 15.9. The van der Waals surface area contributed by atoms with Gasteiger partial charge in [-0.15, -0.1) is 0 Å². The minimum absolute atomic E-state index is 0.139. The van der Waals surface area contributed by atoms with Crippen LogP contribution in [0.3, 0.4) is 0 Å². The van der Waals surface area contributed by atoms with Gasteiger partial charge in [-0.25, -0.2) is 4.98 Å². The van der Waals surface area contributed by atoms with Crippen LogP contribution in [0, 0.1) is 6.92 Å². The first-order valence-corrected chi connectivity index (χ1v) is 9.13. The smallest absolute Gasteiger partial charge is 0.261 e. The van der Waals surface area contributed by atoms with Gasteiger partial charge in [-0.3, -0.25) is 14.2 Å². The number of hydrogen-bond donors (Lipinski definition) is 1. The Hall–Kier alpha value is -3.03. The molecule has 4 rings (SSSR count). The zero-order chi connectivity index (χ0) is 18.9. The van der Waals surface area contributed by atoms with Gasteiger partial charge in [0, 0.05) is 19.9 Å². The highest BCUT2D eigenvalue weighted by atomic mass is 16.5. The van der Waals surface area contributed by atoms with Crippen LogP contribution in [0.1, 0.15) is 43.8 Å². The van der Waals surface area contributed by atoms with E-state index in [2.05, 4.69) is 20.4 Å². The highest BCUT2D eigenvalue weighted by Gasteiger charge is 2.41. The van der Waals surface area contributed by atoms with Gasteiger partial charge in [-0.1, -0.05) is 30.1 Å². The topological polar surface area (TPSA) is 103 Å². The Kier molecular flexibility index (Phi) is 4.47. The number of aromatic nitrogens is 4. The number of fused-ring (bicyclic) bond motifs is 1. The monoisotopic (exact) mass is 367 g/mol. The second kappa shape index (κ2) is 6.94. The van der Waals surface area contributed by atoms with E-state index in [1.165, 1.54) is 10.9 Å². The summed E-state index contributed by atoms with van der Waals surface area (Å²) < 4.78 is 6.58. The summed E-state index contributed by atoms with van der Waals surface area (Å²) in [6.07, 6.45) is 5.25. The summed E-state index contributed by atoms with van der Waals surface area (Å²) >= 11 is 0. The molecular formula is C19H21N5O3. The van der Waals surface area contributed by atoms with Crippen molar-refractivity contribution in [2.45, 2.75) is 51.1 Å². The van der Waals surface area contributed by atoms with Gasteiger partial charge in [0.15, 0.2) is 5.82 Å². The number of nitrogens with one attached hydrogen (secondary N) is 1. The van der Waals surface area contributed by atoms with E-state index in [-0.39, 0.29) is 24.4 Å². The SMILES string of the molecule is Cc1nc(C2(NC(=O)CCn3cnc4ccccc4c3=O)CCCC2)no1. The molecule has 0 bridgehead atoms. The van der Waals surface area contributed by atoms with Crippen molar-refractivity contribution in [2.75, 3.05) is 0 Å². The fourth-order valence-electron chi connectivity index (χ4n) is 3.69. The molecule has 1 N–H and O–H groups in total. The molecule has 0 atom stereocenters. The van der Waals surface area contributed by atoms with Crippen molar-refractivity contribution >= 4 is 16.8 Å². The largest absolute Gasteiger partial charge is 0.343 e. The number of carbonyl (C=O) groups excluding carboxylic acids is 1. The summed E-state index contributed by atoms with van der Waals surface area (Å²) in [7, 11) is 0. The highest BCUT2D eigenvalue weighted by Crippen LogP contribution is 2.37. The van der Waals surface area contributed by atoms with Crippen molar-refractivity contribution in [1.29, 1.82) is 0 Å². The van der Waals surface area contributed by atoms with E-state index in [1.54, 1.807) is 25.1 Å². The van der Waals surface area contributed by atoms with Gasteiger partial charge >= 0.3 is 0 Å². The van der Waals surface area contributed by atoms with Crippen LogP contribution in [0.25, 0.3) is 10.9 Å². The van der Waals surface area contributed by atoms with E-state index >= 15 is 0 Å². The van der Waals surface area contributed by atoms with Gasteiger partial charge in [0.2, 0.25) is 11.8 Å². The lowest BCUT2D eigenvalue weighted by molar-refractivity contribution is -0.123. The molecule has 3 aromatic rings. The molecular weight excluding hydrogens is 346 g/mol. The van der Waals surface area contributed by atoms with E-state index in [4.69, 9.17) is 4.52 Å². The molecule has 1 fully saturated rings. The third-order valence-corrected chi connectivity index (χ3v) is 5.10. The number of rotatable bonds is 5. The van der Waals surface area contributed by atoms with Crippen molar-refractivity contribution in [3.05, 3.63) is 52.7 Å². The molecule has 27 heavy (non-hydrogen) atoms. The van der Waals surface area contributed by atoms with Gasteiger partial charge in [0.25, 0.3) is 5.56 Å². The molecule has 0 unspecified atom stereocenters. The molecule has 1 saturated carbocycles. The molecule has 1 aliphatic carbocycles. The first-order chi connectivity index (χ1) is 13.1. The Balaban J connectivity index is 1.48. The number of hydrogen-bond acceptors (Lipinski definition) is 6. The van der Waals surface area contributed by atoms with Crippen LogP contribution in [0.2, 0.25) is 0 Å². The van der Waals surface area contributed by atoms with Crippen molar-refractivity contribution in [2.24, 2.45) is 0 Å². The highest BCUT2D eigenvalue weighted by molar-refractivity contribution is 5.78. The van der Waals surface area contributed by atoms with Crippen molar-refractivity contribution in [3.63, 3.8) is 0 Å². The van der Waals surface area contributed by atoms with E-state index in [9.17, 15) is 9.59 Å². The molecule has 140 valence electrons. The minimum Gasteiger partial charge on any atom is -0.343 e. The summed E-state index contributed by atoms with van der Waals surface area (Å²) in [6, 6.07) is 7.18. The summed E-state index contributed by atoms with van der Waals surface area (Å²) in [5, 5.41) is 7.66. The molecule has 1 aliphatic rings. The fraction of sp³-hybridized carbons (Fsp3) is 0.421. The second-order valence-corrected chi connectivity index (χ2v) is 6.98. The average molecular weight is 367 g/mol. The Morgan fingerprint density at radius 3 is 2.81 bits per heavy atom. The number of aryl methyl sites for hydroxylation is 2. The molecule has 0 saturated heterocycles. The minimum atomic E-state index is -0.568. The van der Waals surface area contributed by atoms with Crippen LogP contribution in [0.15, 0.2) is 39.9 Å². The number of benzene rings is 1. The van der Waals surface area contributed by atoms with Crippen LogP contribution in [-0.4, -0.2) is 25.6 Å². The molecule has 0 aliphatic heterocycles. The lowest BCUT2D eigenvalue weighted by atomic mass is 9.96. The molecule has 0 radical (unpaired) electrons. The van der Waals surface area contributed by atoms with Gasteiger partial charge in [0.05, 0.1) is 17.2 Å². The van der Waals surface area contributed by atoms with Gasteiger partial charge in [0.1, 0.15) is 5.54 Å². The van der Waals surface area contributed by atoms with Crippen molar-refractivity contribution in [1.82, 2.24) is 25.0 Å². The number of amides is 1. The molecule has 8 nitrogen and oxygen atoms in total. The van der Waals surface area contributed by atoms with Crippen LogP contribution in [0.5, 0.6) is 0 Å². The number of para-hydroxylation sites is 1. The maximum Gasteiger partial charge on any atom is 0.261 e. The second-order valence-electron chi connectivity index (χ2n) is 6.98. The molecule has 1 amide bonds. The van der Waals surface area contributed by atoms with Crippen LogP contribution >= 0.6 is 0 Å². The molecule has 8 heteroatoms. The summed E-state index contributed by atoms with van der Waals surface area (Å²) in [5.74, 6) is 0.883. The summed E-state index contributed by atoms with van der Waals surface area (Å²) in [4.78, 5) is 33.7. The zero-order valence-corrected chi connectivity index (χ0v) is 15.1. The summed E-state index contributed by atoms with van der Waals surface area (Å²) in [6.45, 7) is 2.00. The third-order valence-electron chi connectivity index (χ3n) is 5.10. The lowest BCUT2D eigenvalue weighted by Gasteiger charge is -2.26. The van der Waals surface area contributed by atoms with Gasteiger partial charge in [-0.2, -0.15) is 4.98 Å². The van der Waals surface area contributed by atoms with Crippen molar-refractivity contribution in [3.8, 4) is 0 Å². The first-order valence-electron chi connectivity index (χ1n) is 9.13. The van der Waals surface area contributed by atoms with E-state index in [0.717, 1.165) is 25.7 Å². The van der Waals surface area contributed by atoms with Crippen LogP contribution in [-0.2, 0) is 16.9 Å². The van der Waals surface area contributed by atoms with Gasteiger partial charge < -0.3 is 9.84 Å². The maximum atomic E-state index is 12.6. The number of carbonyl (C=O) groups is 1. The van der Waals surface area contributed by atoms with E-state index in [0.29, 0.717) is 22.6 Å². The fourth-order valence-corrected chi connectivity index (χ4v) is 3.69. The first kappa shape index (κ1) is 17.4. The standard InChI is InChI=1S/C19H21N5O3/c1-13-21-18(23-27-13)19(9-4-5-10-19)22-16(25)8-11-24-12-20-15-7-3-2-6-14(15)17(24)26/h2-3,6-7,12H,4-5,8-11H2,1H3,(H,22,25). The molecule has 0 spiro atoms. The van der Waals surface area contributed by atoms with Gasteiger partial charge in [-0.05, 0) is 25.0 Å². The quantitative estimate of drug-likeness (QED) is 0.740. The van der Waals surface area contributed by atoms with Crippen molar-refractivity contribution < 1.29 is 9.32 Å². The predicted molar refractivity (Wildman–Crippen MR) is 97.9 cm³/mol. The summed E-state index contributed by atoms with van der Waals surface area (Å²) in [5.41, 5.74) is -0.0556.